The number of hydrogen-bond donors (Lipinski definition) is 0. The van der Waals surface area contributed by atoms with Gasteiger partial charge in [0.2, 0.25) is 0 Å². The first kappa shape index (κ1) is 17.7. The quantitative estimate of drug-likeness (QED) is 0.773. The summed E-state index contributed by atoms with van der Waals surface area (Å²) >= 11 is 3.34. The van der Waals surface area contributed by atoms with Crippen LogP contribution in [0.1, 0.15) is 42.8 Å². The van der Waals surface area contributed by atoms with Crippen LogP contribution >= 0.6 is 15.9 Å². The summed E-state index contributed by atoms with van der Waals surface area (Å²) in [7, 11) is 2.59. The van der Waals surface area contributed by atoms with E-state index in [1.165, 1.54) is 14.2 Å². The molecule has 0 heterocycles. The molecule has 0 aliphatic rings. The second-order valence-corrected chi connectivity index (χ2v) is 6.13. The number of benzene rings is 1. The number of rotatable bonds is 4. The summed E-state index contributed by atoms with van der Waals surface area (Å²) < 4.78 is 15.7. The summed E-state index contributed by atoms with van der Waals surface area (Å²) in [6.45, 7) is 5.50. The fraction of sp³-hybridized carbons (Fsp3) is 0.467. The Bertz CT molecular complexity index is 533. The Balaban J connectivity index is 3.31. The van der Waals surface area contributed by atoms with Crippen LogP contribution in [0.2, 0.25) is 0 Å². The van der Waals surface area contributed by atoms with Crippen LogP contribution in [-0.4, -0.2) is 31.8 Å². The van der Waals surface area contributed by atoms with Gasteiger partial charge in [-0.15, -0.1) is 0 Å². The van der Waals surface area contributed by atoms with E-state index in [2.05, 4.69) is 15.9 Å². The number of carbonyl (C=O) groups excluding carboxylic acids is 2. The maximum absolute atomic E-state index is 12.0. The molecule has 0 bridgehead atoms. The third-order valence-corrected chi connectivity index (χ3v) is 3.49. The van der Waals surface area contributed by atoms with Crippen molar-refractivity contribution in [3.8, 4) is 0 Å². The van der Waals surface area contributed by atoms with E-state index < -0.39 is 23.6 Å². The minimum absolute atomic E-state index is 0.321. The molecule has 5 nitrogen and oxygen atoms in total. The Hall–Kier alpha value is -1.40. The van der Waals surface area contributed by atoms with Gasteiger partial charge in [0.15, 0.2) is 6.10 Å². The zero-order chi connectivity index (χ0) is 16.2. The van der Waals surface area contributed by atoms with E-state index in [9.17, 15) is 9.59 Å². The third-order valence-electron chi connectivity index (χ3n) is 2.60. The summed E-state index contributed by atoms with van der Waals surface area (Å²) in [5, 5.41) is 0. The normalized spacial score (nSPS) is 12.7. The SMILES string of the molecule is COC(=O)c1cccc(C(OC(C)(C)C)C(=O)OC)c1Br. The monoisotopic (exact) mass is 358 g/mol. The Labute approximate surface area is 132 Å². The zero-order valence-electron chi connectivity index (χ0n) is 12.7. The van der Waals surface area contributed by atoms with E-state index in [0.717, 1.165) is 0 Å². The Morgan fingerprint density at radius 1 is 1.14 bits per heavy atom. The molecule has 0 saturated heterocycles. The standard InChI is InChI=1S/C15H19BrO5/c1-15(2,3)21-12(14(18)20-5)9-7-6-8-10(11(9)16)13(17)19-4/h6-8,12H,1-5H3. The lowest BCUT2D eigenvalue weighted by atomic mass is 10.0. The van der Waals surface area contributed by atoms with Crippen LogP contribution < -0.4 is 0 Å². The molecule has 0 saturated carbocycles. The maximum atomic E-state index is 12.0. The summed E-state index contributed by atoms with van der Waals surface area (Å²) in [5.41, 5.74) is 0.278. The van der Waals surface area contributed by atoms with E-state index in [1.807, 2.05) is 20.8 Å². The first-order valence-electron chi connectivity index (χ1n) is 6.33. The molecule has 6 heteroatoms. The highest BCUT2D eigenvalue weighted by molar-refractivity contribution is 9.10. The van der Waals surface area contributed by atoms with Crippen LogP contribution in [0.15, 0.2) is 22.7 Å². The van der Waals surface area contributed by atoms with Crippen molar-refractivity contribution in [3.05, 3.63) is 33.8 Å². The molecule has 0 radical (unpaired) electrons. The van der Waals surface area contributed by atoms with Crippen molar-refractivity contribution in [2.45, 2.75) is 32.5 Å². The van der Waals surface area contributed by atoms with Gasteiger partial charge >= 0.3 is 11.9 Å². The first-order valence-corrected chi connectivity index (χ1v) is 7.13. The minimum atomic E-state index is -0.936. The molecule has 116 valence electrons. The fourth-order valence-corrected chi connectivity index (χ4v) is 2.35. The molecule has 0 N–H and O–H groups in total. The molecule has 21 heavy (non-hydrogen) atoms. The largest absolute Gasteiger partial charge is 0.467 e. The Morgan fingerprint density at radius 3 is 2.24 bits per heavy atom. The summed E-state index contributed by atoms with van der Waals surface area (Å²) in [6, 6.07) is 4.96. The van der Waals surface area contributed by atoms with Crippen molar-refractivity contribution in [3.63, 3.8) is 0 Å². The van der Waals surface area contributed by atoms with Gasteiger partial charge in [0.1, 0.15) is 0 Å². The van der Waals surface area contributed by atoms with Gasteiger partial charge in [0.25, 0.3) is 0 Å². The summed E-state index contributed by atoms with van der Waals surface area (Å²) in [4.78, 5) is 23.7. The lowest BCUT2D eigenvalue weighted by Crippen LogP contribution is -2.28. The van der Waals surface area contributed by atoms with E-state index in [-0.39, 0.29) is 0 Å². The van der Waals surface area contributed by atoms with Crippen LogP contribution in [0.25, 0.3) is 0 Å². The second kappa shape index (κ2) is 7.04. The van der Waals surface area contributed by atoms with E-state index in [0.29, 0.717) is 15.6 Å². The van der Waals surface area contributed by atoms with Gasteiger partial charge in [0, 0.05) is 10.0 Å². The van der Waals surface area contributed by atoms with Gasteiger partial charge in [-0.25, -0.2) is 9.59 Å². The number of methoxy groups -OCH3 is 2. The van der Waals surface area contributed by atoms with Gasteiger partial charge in [0.05, 0.1) is 25.4 Å². The van der Waals surface area contributed by atoms with Crippen LogP contribution in [0.3, 0.4) is 0 Å². The molecule has 0 aliphatic carbocycles. The molecule has 0 amide bonds. The van der Waals surface area contributed by atoms with Gasteiger partial charge < -0.3 is 14.2 Å². The third kappa shape index (κ3) is 4.54. The molecule has 0 aliphatic heterocycles. The van der Waals surface area contributed by atoms with Crippen LogP contribution in [0, 0.1) is 0 Å². The van der Waals surface area contributed by atoms with Gasteiger partial charge in [-0.05, 0) is 42.8 Å². The van der Waals surface area contributed by atoms with E-state index in [4.69, 9.17) is 14.2 Å². The van der Waals surface area contributed by atoms with E-state index in [1.54, 1.807) is 18.2 Å². The molecular formula is C15H19BrO5. The number of esters is 2. The number of carbonyl (C=O) groups is 2. The highest BCUT2D eigenvalue weighted by atomic mass is 79.9. The minimum Gasteiger partial charge on any atom is -0.467 e. The van der Waals surface area contributed by atoms with Crippen molar-refractivity contribution < 1.29 is 23.8 Å². The van der Waals surface area contributed by atoms with Crippen LogP contribution in [0.4, 0.5) is 0 Å². The van der Waals surface area contributed by atoms with Crippen molar-refractivity contribution in [1.82, 2.24) is 0 Å². The Morgan fingerprint density at radius 2 is 1.76 bits per heavy atom. The molecular weight excluding hydrogens is 340 g/mol. The molecule has 1 aromatic rings. The number of hydrogen-bond acceptors (Lipinski definition) is 5. The number of halogens is 1. The van der Waals surface area contributed by atoms with E-state index >= 15 is 0 Å². The van der Waals surface area contributed by atoms with Crippen LogP contribution in [0.5, 0.6) is 0 Å². The molecule has 0 spiro atoms. The molecule has 0 fully saturated rings. The fourth-order valence-electron chi connectivity index (χ4n) is 1.72. The number of ether oxygens (including phenoxy) is 3. The molecule has 1 rings (SSSR count). The summed E-state index contributed by atoms with van der Waals surface area (Å²) in [5.74, 6) is -1.03. The van der Waals surface area contributed by atoms with Crippen molar-refractivity contribution in [1.29, 1.82) is 0 Å². The van der Waals surface area contributed by atoms with Gasteiger partial charge in [-0.1, -0.05) is 12.1 Å². The van der Waals surface area contributed by atoms with Gasteiger partial charge in [-0.3, -0.25) is 0 Å². The second-order valence-electron chi connectivity index (χ2n) is 5.33. The van der Waals surface area contributed by atoms with Crippen LogP contribution in [-0.2, 0) is 19.0 Å². The zero-order valence-corrected chi connectivity index (χ0v) is 14.3. The maximum Gasteiger partial charge on any atom is 0.339 e. The highest BCUT2D eigenvalue weighted by Crippen LogP contribution is 2.33. The molecule has 0 aromatic heterocycles. The lowest BCUT2D eigenvalue weighted by molar-refractivity contribution is -0.164. The average molecular weight is 359 g/mol. The average Bonchev–Trinajstić information content (AvgIpc) is 2.42. The lowest BCUT2D eigenvalue weighted by Gasteiger charge is -2.27. The first-order chi connectivity index (χ1) is 9.71. The van der Waals surface area contributed by atoms with Crippen molar-refractivity contribution in [2.24, 2.45) is 0 Å². The molecule has 1 unspecified atom stereocenters. The molecule has 1 aromatic carbocycles. The highest BCUT2D eigenvalue weighted by Gasteiger charge is 2.30. The predicted molar refractivity (Wildman–Crippen MR) is 81.1 cm³/mol. The smallest absolute Gasteiger partial charge is 0.339 e. The van der Waals surface area contributed by atoms with Gasteiger partial charge in [-0.2, -0.15) is 0 Å². The van der Waals surface area contributed by atoms with Crippen molar-refractivity contribution in [2.75, 3.05) is 14.2 Å². The molecule has 1 atom stereocenters. The topological polar surface area (TPSA) is 61.8 Å². The Kier molecular flexibility index (Phi) is 5.92. The predicted octanol–water partition coefficient (Wildman–Crippen LogP) is 3.26. The van der Waals surface area contributed by atoms with Crippen molar-refractivity contribution >= 4 is 27.9 Å². The summed E-state index contributed by atoms with van der Waals surface area (Å²) in [6.07, 6.45) is -0.936.